The summed E-state index contributed by atoms with van der Waals surface area (Å²) >= 11 is 1.91. The zero-order valence-corrected chi connectivity index (χ0v) is 9.17. The Bertz CT molecular complexity index is 319. The van der Waals surface area contributed by atoms with Crippen molar-refractivity contribution in [2.75, 3.05) is 13.7 Å². The van der Waals surface area contributed by atoms with Gasteiger partial charge in [0.05, 0.1) is 18.2 Å². The normalized spacial score (nSPS) is 26.4. The minimum atomic E-state index is 0.320. The van der Waals surface area contributed by atoms with Gasteiger partial charge in [0.15, 0.2) is 0 Å². The first kappa shape index (κ1) is 9.80. The average molecular weight is 210 g/mol. The van der Waals surface area contributed by atoms with Crippen LogP contribution in [0.1, 0.15) is 18.0 Å². The first-order valence-corrected chi connectivity index (χ1v) is 5.63. The smallest absolute Gasteiger partial charge is 0.213 e. The number of ether oxygens (including phenoxy) is 1. The molecule has 0 amide bonds. The van der Waals surface area contributed by atoms with Crippen LogP contribution in [0.15, 0.2) is 18.2 Å². The van der Waals surface area contributed by atoms with Crippen LogP contribution in [0.5, 0.6) is 5.88 Å². The zero-order valence-electron chi connectivity index (χ0n) is 8.36. The van der Waals surface area contributed by atoms with Crippen molar-refractivity contribution in [2.24, 2.45) is 0 Å². The molecular formula is C10H14N2OS. The summed E-state index contributed by atoms with van der Waals surface area (Å²) in [6, 6.07) is 5.88. The molecule has 0 saturated carbocycles. The van der Waals surface area contributed by atoms with E-state index in [2.05, 4.69) is 17.2 Å². The predicted octanol–water partition coefficient (Wildman–Crippen LogP) is 1.81. The zero-order chi connectivity index (χ0) is 9.97. The minimum absolute atomic E-state index is 0.320. The second kappa shape index (κ2) is 4.19. The van der Waals surface area contributed by atoms with E-state index in [0.29, 0.717) is 16.5 Å². The van der Waals surface area contributed by atoms with Crippen molar-refractivity contribution in [2.45, 2.75) is 17.5 Å². The number of aromatic nitrogens is 1. The summed E-state index contributed by atoms with van der Waals surface area (Å²) in [7, 11) is 1.64. The second-order valence-electron chi connectivity index (χ2n) is 3.34. The fraction of sp³-hybridized carbons (Fsp3) is 0.500. The molecule has 0 spiro atoms. The third-order valence-electron chi connectivity index (χ3n) is 2.18. The Morgan fingerprint density at radius 1 is 1.57 bits per heavy atom. The van der Waals surface area contributed by atoms with E-state index in [-0.39, 0.29) is 0 Å². The summed E-state index contributed by atoms with van der Waals surface area (Å²) in [4.78, 5) is 4.40. The van der Waals surface area contributed by atoms with Crippen molar-refractivity contribution in [3.63, 3.8) is 0 Å². The standard InChI is InChI=1S/C10H14N2OS/c1-7-6-11-10(14-7)8-4-3-5-9(12-8)13-2/h3-5,7,10-11H,6H2,1-2H3. The van der Waals surface area contributed by atoms with Crippen molar-refractivity contribution >= 4 is 11.8 Å². The molecule has 1 aromatic heterocycles. The van der Waals surface area contributed by atoms with Crippen molar-refractivity contribution in [1.82, 2.24) is 10.3 Å². The lowest BCUT2D eigenvalue weighted by Gasteiger charge is -2.09. The molecule has 0 aliphatic carbocycles. The molecule has 0 bridgehead atoms. The lowest BCUT2D eigenvalue weighted by atomic mass is 10.3. The third kappa shape index (κ3) is 2.01. The minimum Gasteiger partial charge on any atom is -0.481 e. The molecule has 1 aromatic rings. The van der Waals surface area contributed by atoms with Crippen LogP contribution in [0.3, 0.4) is 0 Å². The predicted molar refractivity (Wildman–Crippen MR) is 58.6 cm³/mol. The quantitative estimate of drug-likeness (QED) is 0.807. The number of methoxy groups -OCH3 is 1. The highest BCUT2D eigenvalue weighted by atomic mass is 32.2. The number of thioether (sulfide) groups is 1. The van der Waals surface area contributed by atoms with E-state index in [4.69, 9.17) is 4.74 Å². The van der Waals surface area contributed by atoms with Crippen LogP contribution < -0.4 is 10.1 Å². The van der Waals surface area contributed by atoms with Gasteiger partial charge in [-0.15, -0.1) is 11.8 Å². The largest absolute Gasteiger partial charge is 0.481 e. The van der Waals surface area contributed by atoms with Crippen LogP contribution in [0.2, 0.25) is 0 Å². The third-order valence-corrected chi connectivity index (χ3v) is 3.49. The maximum atomic E-state index is 5.09. The van der Waals surface area contributed by atoms with Gasteiger partial charge in [0.2, 0.25) is 5.88 Å². The van der Waals surface area contributed by atoms with Crippen LogP contribution >= 0.6 is 11.8 Å². The summed E-state index contributed by atoms with van der Waals surface area (Å²) in [5.41, 5.74) is 1.05. The van der Waals surface area contributed by atoms with Crippen LogP contribution in [0, 0.1) is 0 Å². The Morgan fingerprint density at radius 2 is 2.43 bits per heavy atom. The monoisotopic (exact) mass is 210 g/mol. The van der Waals surface area contributed by atoms with Crippen molar-refractivity contribution in [1.29, 1.82) is 0 Å². The van der Waals surface area contributed by atoms with Gasteiger partial charge >= 0.3 is 0 Å². The topological polar surface area (TPSA) is 34.1 Å². The molecule has 1 fully saturated rings. The molecule has 1 saturated heterocycles. The molecule has 2 unspecified atom stereocenters. The Morgan fingerprint density at radius 3 is 3.07 bits per heavy atom. The van der Waals surface area contributed by atoms with Gasteiger partial charge in [-0.05, 0) is 6.07 Å². The molecule has 0 radical (unpaired) electrons. The molecule has 1 aliphatic heterocycles. The number of hydrogen-bond acceptors (Lipinski definition) is 4. The van der Waals surface area contributed by atoms with Crippen LogP contribution in [-0.4, -0.2) is 23.9 Å². The first-order chi connectivity index (χ1) is 6.79. The molecule has 0 aromatic carbocycles. The van der Waals surface area contributed by atoms with Gasteiger partial charge in [-0.3, -0.25) is 5.32 Å². The van der Waals surface area contributed by atoms with Crippen LogP contribution in [0.4, 0.5) is 0 Å². The van der Waals surface area contributed by atoms with E-state index in [1.165, 1.54) is 0 Å². The molecule has 2 rings (SSSR count). The Kier molecular flexibility index (Phi) is 2.93. The Labute approximate surface area is 88.3 Å². The van der Waals surface area contributed by atoms with Gasteiger partial charge in [0.1, 0.15) is 0 Å². The van der Waals surface area contributed by atoms with E-state index in [9.17, 15) is 0 Å². The summed E-state index contributed by atoms with van der Waals surface area (Å²) in [5.74, 6) is 0.685. The van der Waals surface area contributed by atoms with Gasteiger partial charge < -0.3 is 4.74 Å². The van der Waals surface area contributed by atoms with Crippen molar-refractivity contribution in [3.8, 4) is 5.88 Å². The molecule has 3 nitrogen and oxygen atoms in total. The maximum Gasteiger partial charge on any atom is 0.213 e. The van der Waals surface area contributed by atoms with Crippen LogP contribution in [0.25, 0.3) is 0 Å². The van der Waals surface area contributed by atoms with Gasteiger partial charge in [-0.2, -0.15) is 0 Å². The van der Waals surface area contributed by atoms with Crippen molar-refractivity contribution < 1.29 is 4.74 Å². The van der Waals surface area contributed by atoms with Crippen molar-refractivity contribution in [3.05, 3.63) is 23.9 Å². The highest BCUT2D eigenvalue weighted by Gasteiger charge is 2.23. The molecule has 14 heavy (non-hydrogen) atoms. The van der Waals surface area contributed by atoms with Gasteiger partial charge in [0, 0.05) is 17.9 Å². The van der Waals surface area contributed by atoms with E-state index in [1.54, 1.807) is 7.11 Å². The number of hydrogen-bond donors (Lipinski definition) is 1. The second-order valence-corrected chi connectivity index (χ2v) is 4.89. The summed E-state index contributed by atoms with van der Waals surface area (Å²) in [6.07, 6.45) is 0. The first-order valence-electron chi connectivity index (χ1n) is 4.69. The summed E-state index contributed by atoms with van der Waals surface area (Å²) < 4.78 is 5.09. The van der Waals surface area contributed by atoms with E-state index >= 15 is 0 Å². The highest BCUT2D eigenvalue weighted by Crippen LogP contribution is 2.33. The molecule has 4 heteroatoms. The fourth-order valence-electron chi connectivity index (χ4n) is 1.47. The number of pyridine rings is 1. The average Bonchev–Trinajstić information content (AvgIpc) is 2.65. The van der Waals surface area contributed by atoms with Gasteiger partial charge in [0.25, 0.3) is 0 Å². The van der Waals surface area contributed by atoms with Gasteiger partial charge in [-0.25, -0.2) is 4.98 Å². The molecule has 76 valence electrons. The lowest BCUT2D eigenvalue weighted by molar-refractivity contribution is 0.395. The molecular weight excluding hydrogens is 196 g/mol. The molecule has 2 atom stereocenters. The molecule has 1 aliphatic rings. The molecule has 1 N–H and O–H groups in total. The summed E-state index contributed by atoms with van der Waals surface area (Å²) in [5, 5.41) is 4.40. The molecule has 2 heterocycles. The SMILES string of the molecule is COc1cccc(C2NCC(C)S2)n1. The van der Waals surface area contributed by atoms with Gasteiger partial charge in [-0.1, -0.05) is 13.0 Å². The fourth-order valence-corrected chi connectivity index (χ4v) is 2.59. The van der Waals surface area contributed by atoms with E-state index < -0.39 is 0 Å². The maximum absolute atomic E-state index is 5.09. The number of rotatable bonds is 2. The van der Waals surface area contributed by atoms with E-state index in [1.807, 2.05) is 30.0 Å². The highest BCUT2D eigenvalue weighted by molar-refractivity contribution is 8.00. The number of nitrogens with one attached hydrogen (secondary N) is 1. The van der Waals surface area contributed by atoms with E-state index in [0.717, 1.165) is 12.2 Å². The Balaban J connectivity index is 2.15. The van der Waals surface area contributed by atoms with Crippen LogP contribution in [-0.2, 0) is 0 Å². The lowest BCUT2D eigenvalue weighted by Crippen LogP contribution is -2.14. The summed E-state index contributed by atoms with van der Waals surface area (Å²) in [6.45, 7) is 3.27. The Hall–Kier alpha value is -0.740. The number of nitrogens with zero attached hydrogens (tertiary/aromatic N) is 1.